The van der Waals surface area contributed by atoms with Crippen LogP contribution in [0.25, 0.3) is 0 Å². The van der Waals surface area contributed by atoms with E-state index in [1.807, 2.05) is 0 Å². The Labute approximate surface area is 223 Å². The minimum Gasteiger partial charge on any atom is -0.394 e. The maximum absolute atomic E-state index is 9.08. The van der Waals surface area contributed by atoms with E-state index in [4.69, 9.17) is 61.3 Å². The largest absolute Gasteiger partial charge is 0.394 e. The highest BCUT2D eigenvalue weighted by Crippen LogP contribution is 2.04. The van der Waals surface area contributed by atoms with Crippen molar-refractivity contribution < 1.29 is 61.3 Å². The smallest absolute Gasteiger partial charge is 0.0881 e. The zero-order valence-corrected chi connectivity index (χ0v) is 22.1. The summed E-state index contributed by atoms with van der Waals surface area (Å²) < 4.78 is 0. The molecule has 0 aromatic rings. The second-order valence-electron chi connectivity index (χ2n) is 9.43. The lowest BCUT2D eigenvalue weighted by Crippen LogP contribution is -2.57. The monoisotopic (exact) mass is 564 g/mol. The third-order valence-corrected chi connectivity index (χ3v) is 6.34. The second-order valence-corrected chi connectivity index (χ2v) is 9.43. The first-order valence-electron chi connectivity index (χ1n) is 12.5. The fourth-order valence-electron chi connectivity index (χ4n) is 2.86. The van der Waals surface area contributed by atoms with Crippen LogP contribution in [-0.4, -0.2) is 189 Å². The number of aliphatic hydroxyl groups excluding tert-OH is 12. The Kier molecular flexibility index (Phi) is 23.0. The highest BCUT2D eigenvalue weighted by atomic mass is 16.3. The Bertz CT molecular complexity index is 411. The van der Waals surface area contributed by atoms with Gasteiger partial charge in [0.05, 0.1) is 101 Å². The highest BCUT2D eigenvalue weighted by Gasteiger charge is 2.30. The molecule has 0 aliphatic heterocycles. The van der Waals surface area contributed by atoms with Crippen molar-refractivity contribution in [1.29, 1.82) is 0 Å². The Balaban J connectivity index is 0. The Morgan fingerprint density at radius 1 is 0.263 bits per heavy atom. The van der Waals surface area contributed by atoms with Gasteiger partial charge in [0.25, 0.3) is 0 Å². The molecule has 0 saturated heterocycles. The molecule has 0 heterocycles. The lowest BCUT2D eigenvalue weighted by molar-refractivity contribution is 0.0373. The zero-order valence-electron chi connectivity index (χ0n) is 22.1. The van der Waals surface area contributed by atoms with Crippen LogP contribution < -0.4 is 21.3 Å². The molecule has 0 spiro atoms. The van der Waals surface area contributed by atoms with Gasteiger partial charge in [-0.2, -0.15) is 0 Å². The first-order chi connectivity index (χ1) is 18.1. The molecule has 16 N–H and O–H groups in total. The van der Waals surface area contributed by atoms with Crippen molar-refractivity contribution in [2.75, 3.05) is 105 Å². The van der Waals surface area contributed by atoms with Crippen molar-refractivity contribution in [1.82, 2.24) is 21.3 Å². The number of rotatable bonds is 24. The quantitative estimate of drug-likeness (QED) is 0.0484. The lowest BCUT2D eigenvalue weighted by atomic mass is 10.0. The van der Waals surface area contributed by atoms with Crippen LogP contribution in [0.2, 0.25) is 0 Å². The first-order valence-corrected chi connectivity index (χ1v) is 12.5. The van der Waals surface area contributed by atoms with Crippen LogP contribution in [0.4, 0.5) is 0 Å². The van der Waals surface area contributed by atoms with E-state index in [-0.39, 0.29) is 79.3 Å². The van der Waals surface area contributed by atoms with E-state index >= 15 is 0 Å². The molecule has 0 rings (SSSR count). The van der Waals surface area contributed by atoms with Gasteiger partial charge in [0.1, 0.15) is 0 Å². The Morgan fingerprint density at radius 2 is 0.395 bits per heavy atom. The summed E-state index contributed by atoms with van der Waals surface area (Å²) in [5.41, 5.74) is -4.44. The SMILES string of the molecule is OCC(CO)(CO)NCCCNC(CO)(CO)CO.OCC(CO)(CO)NCCCNC(CO)(CO)CO. The molecule has 0 bridgehead atoms. The third-order valence-electron chi connectivity index (χ3n) is 6.34. The van der Waals surface area contributed by atoms with Gasteiger partial charge >= 0.3 is 0 Å². The average molecular weight is 565 g/mol. The molecule has 0 aliphatic carbocycles. The molecule has 0 radical (unpaired) electrons. The van der Waals surface area contributed by atoms with Crippen molar-refractivity contribution in [2.24, 2.45) is 0 Å². The van der Waals surface area contributed by atoms with E-state index in [9.17, 15) is 0 Å². The summed E-state index contributed by atoms with van der Waals surface area (Å²) in [6.45, 7) is -3.01. The van der Waals surface area contributed by atoms with Crippen molar-refractivity contribution >= 4 is 0 Å². The van der Waals surface area contributed by atoms with Crippen molar-refractivity contribution in [3.8, 4) is 0 Å². The highest BCUT2D eigenvalue weighted by molar-refractivity contribution is 4.89. The van der Waals surface area contributed by atoms with Gasteiger partial charge in [0, 0.05) is 0 Å². The van der Waals surface area contributed by atoms with Gasteiger partial charge in [-0.15, -0.1) is 0 Å². The van der Waals surface area contributed by atoms with Crippen LogP contribution in [0.5, 0.6) is 0 Å². The van der Waals surface area contributed by atoms with Crippen LogP contribution in [-0.2, 0) is 0 Å². The number of nitrogens with one attached hydrogen (secondary N) is 4. The fraction of sp³-hybridized carbons (Fsp3) is 1.00. The number of hydrogen-bond donors (Lipinski definition) is 16. The maximum Gasteiger partial charge on any atom is 0.0881 e. The maximum atomic E-state index is 9.08. The molecule has 38 heavy (non-hydrogen) atoms. The summed E-state index contributed by atoms with van der Waals surface area (Å²) >= 11 is 0. The molecule has 0 aliphatic rings. The van der Waals surface area contributed by atoms with E-state index in [1.54, 1.807) is 0 Å². The Hall–Kier alpha value is -0.640. The summed E-state index contributed by atoms with van der Waals surface area (Å²) in [6, 6.07) is 0. The van der Waals surface area contributed by atoms with Crippen molar-refractivity contribution in [2.45, 2.75) is 35.0 Å². The summed E-state index contributed by atoms with van der Waals surface area (Å²) in [5.74, 6) is 0. The van der Waals surface area contributed by atoms with Gasteiger partial charge < -0.3 is 82.5 Å². The molecular weight excluding hydrogens is 512 g/mol. The molecular formula is C22H52N4O12. The molecule has 232 valence electrons. The molecule has 0 saturated carbocycles. The molecule has 0 atom stereocenters. The molecule has 16 heteroatoms. The molecule has 0 fully saturated rings. The summed E-state index contributed by atoms with van der Waals surface area (Å²) in [4.78, 5) is 0. The third kappa shape index (κ3) is 13.6. The normalized spacial score (nSPS) is 12.9. The van der Waals surface area contributed by atoms with Gasteiger partial charge in [-0.3, -0.25) is 0 Å². The molecule has 0 amide bonds. The fourth-order valence-corrected chi connectivity index (χ4v) is 2.86. The van der Waals surface area contributed by atoms with Crippen LogP contribution in [0.1, 0.15) is 12.8 Å². The lowest BCUT2D eigenvalue weighted by Gasteiger charge is -2.30. The minimum atomic E-state index is -1.11. The van der Waals surface area contributed by atoms with E-state index in [0.29, 0.717) is 39.0 Å². The van der Waals surface area contributed by atoms with Gasteiger partial charge in [-0.1, -0.05) is 0 Å². The number of aliphatic hydroxyl groups is 12. The van der Waals surface area contributed by atoms with E-state index in [2.05, 4.69) is 21.3 Å². The average Bonchev–Trinajstić information content (AvgIpc) is 2.98. The molecule has 16 nitrogen and oxygen atoms in total. The first kappa shape index (κ1) is 39.5. The predicted octanol–water partition coefficient (Wildman–Crippen LogP) is -8.03. The molecule has 0 aromatic carbocycles. The van der Waals surface area contributed by atoms with Gasteiger partial charge in [-0.25, -0.2) is 0 Å². The topological polar surface area (TPSA) is 291 Å². The molecule has 0 aromatic heterocycles. The van der Waals surface area contributed by atoms with Crippen LogP contribution >= 0.6 is 0 Å². The van der Waals surface area contributed by atoms with E-state index in [1.165, 1.54) is 0 Å². The van der Waals surface area contributed by atoms with Crippen molar-refractivity contribution in [3.63, 3.8) is 0 Å². The Morgan fingerprint density at radius 3 is 0.500 bits per heavy atom. The minimum absolute atomic E-state index is 0.388. The summed E-state index contributed by atoms with van der Waals surface area (Å²) in [7, 11) is 0. The summed E-state index contributed by atoms with van der Waals surface area (Å²) in [5, 5.41) is 120. The molecule has 0 unspecified atom stereocenters. The number of hydrogen-bond acceptors (Lipinski definition) is 16. The van der Waals surface area contributed by atoms with Gasteiger partial charge in [-0.05, 0) is 39.0 Å². The van der Waals surface area contributed by atoms with Gasteiger partial charge in [0.15, 0.2) is 0 Å². The van der Waals surface area contributed by atoms with Crippen molar-refractivity contribution in [3.05, 3.63) is 0 Å². The van der Waals surface area contributed by atoms with E-state index < -0.39 is 22.2 Å². The zero-order chi connectivity index (χ0) is 29.6. The van der Waals surface area contributed by atoms with Gasteiger partial charge in [0.2, 0.25) is 0 Å². The standard InChI is InChI=1S/2C11H26N2O6/c2*14-4-10(5-15,6-16)12-2-1-3-13-11(7-17,8-18)9-19/h2*12-19H,1-9H2. The van der Waals surface area contributed by atoms with E-state index in [0.717, 1.165) is 0 Å². The second kappa shape index (κ2) is 22.1. The summed E-state index contributed by atoms with van der Waals surface area (Å²) in [6.07, 6.45) is 1.12. The van der Waals surface area contributed by atoms with Crippen LogP contribution in [0.15, 0.2) is 0 Å². The van der Waals surface area contributed by atoms with Crippen LogP contribution in [0, 0.1) is 0 Å². The predicted molar refractivity (Wildman–Crippen MR) is 137 cm³/mol. The van der Waals surface area contributed by atoms with Crippen LogP contribution in [0.3, 0.4) is 0 Å².